The summed E-state index contributed by atoms with van der Waals surface area (Å²) in [5.41, 5.74) is 2.01. The van der Waals surface area contributed by atoms with Gasteiger partial charge in [0.25, 0.3) is 0 Å². The first-order valence-corrected chi connectivity index (χ1v) is 6.75. The van der Waals surface area contributed by atoms with Crippen LogP contribution in [-0.2, 0) is 11.0 Å². The number of aliphatic hydroxyl groups is 1. The largest absolute Gasteiger partial charge is 0.385 e. The predicted molar refractivity (Wildman–Crippen MR) is 72.1 cm³/mol. The van der Waals surface area contributed by atoms with Gasteiger partial charge in [-0.25, -0.2) is 0 Å². The highest BCUT2D eigenvalue weighted by Crippen LogP contribution is 2.38. The fourth-order valence-electron chi connectivity index (χ4n) is 2.70. The summed E-state index contributed by atoms with van der Waals surface area (Å²) < 4.78 is 0. The van der Waals surface area contributed by atoms with E-state index in [1.165, 1.54) is 12.0 Å². The van der Waals surface area contributed by atoms with Gasteiger partial charge in [0.2, 0.25) is 0 Å². The molecule has 1 aromatic carbocycles. The van der Waals surface area contributed by atoms with Gasteiger partial charge in [0.15, 0.2) is 0 Å². The lowest BCUT2D eigenvalue weighted by molar-refractivity contribution is -0.000731. The Balaban J connectivity index is 2.32. The maximum absolute atomic E-state index is 10.7. The second kappa shape index (κ2) is 4.45. The molecule has 1 aliphatic carbocycles. The van der Waals surface area contributed by atoms with Gasteiger partial charge in [-0.1, -0.05) is 64.3 Å². The molecule has 1 fully saturated rings. The molecule has 1 heteroatoms. The van der Waals surface area contributed by atoms with Gasteiger partial charge in [0, 0.05) is 0 Å². The monoisotopic (exact) mass is 232 g/mol. The van der Waals surface area contributed by atoms with Crippen LogP contribution in [0.3, 0.4) is 0 Å². The lowest BCUT2D eigenvalue weighted by Gasteiger charge is -2.33. The number of hydrogen-bond acceptors (Lipinski definition) is 1. The van der Waals surface area contributed by atoms with Crippen LogP contribution in [-0.4, -0.2) is 5.11 Å². The van der Waals surface area contributed by atoms with Crippen molar-refractivity contribution in [1.82, 2.24) is 0 Å². The number of rotatable bonds is 1. The average Bonchev–Trinajstić information content (AvgIpc) is 2.29. The first-order chi connectivity index (χ1) is 7.92. The molecule has 94 valence electrons. The van der Waals surface area contributed by atoms with Crippen LogP contribution < -0.4 is 0 Å². The Hall–Kier alpha value is -0.820. The van der Waals surface area contributed by atoms with E-state index in [0.717, 1.165) is 31.2 Å². The molecule has 1 aromatic rings. The van der Waals surface area contributed by atoms with Crippen molar-refractivity contribution < 1.29 is 5.11 Å². The molecular weight excluding hydrogens is 208 g/mol. The van der Waals surface area contributed by atoms with Crippen molar-refractivity contribution in [2.45, 2.75) is 63.9 Å². The van der Waals surface area contributed by atoms with Crippen molar-refractivity contribution in [2.24, 2.45) is 0 Å². The molecule has 0 aromatic heterocycles. The Bertz CT molecular complexity index is 381. The van der Waals surface area contributed by atoms with Gasteiger partial charge in [0.1, 0.15) is 0 Å². The van der Waals surface area contributed by atoms with Gasteiger partial charge in [-0.2, -0.15) is 0 Å². The summed E-state index contributed by atoms with van der Waals surface area (Å²) in [7, 11) is 0. The Labute approximate surface area is 105 Å². The van der Waals surface area contributed by atoms with Gasteiger partial charge in [0.05, 0.1) is 5.60 Å². The first-order valence-electron chi connectivity index (χ1n) is 6.75. The zero-order valence-electron chi connectivity index (χ0n) is 11.3. The molecule has 0 aliphatic heterocycles. The van der Waals surface area contributed by atoms with Crippen LogP contribution in [0, 0.1) is 0 Å². The zero-order chi connectivity index (χ0) is 12.5. The lowest BCUT2D eigenvalue weighted by atomic mass is 9.77. The fraction of sp³-hybridized carbons (Fsp3) is 0.625. The molecule has 0 heterocycles. The van der Waals surface area contributed by atoms with Crippen molar-refractivity contribution in [3.05, 3.63) is 35.4 Å². The van der Waals surface area contributed by atoms with Crippen molar-refractivity contribution in [3.8, 4) is 0 Å². The molecule has 0 atom stereocenters. The van der Waals surface area contributed by atoms with E-state index in [1.807, 2.05) is 0 Å². The Morgan fingerprint density at radius 1 is 1.06 bits per heavy atom. The van der Waals surface area contributed by atoms with Crippen molar-refractivity contribution in [1.29, 1.82) is 0 Å². The molecule has 0 saturated heterocycles. The van der Waals surface area contributed by atoms with Crippen LogP contribution in [0.25, 0.3) is 0 Å². The molecule has 0 amide bonds. The Morgan fingerprint density at radius 3 is 2.29 bits per heavy atom. The van der Waals surface area contributed by atoms with Gasteiger partial charge in [-0.05, 0) is 29.4 Å². The van der Waals surface area contributed by atoms with Gasteiger partial charge in [-0.3, -0.25) is 0 Å². The van der Waals surface area contributed by atoms with Gasteiger partial charge in [-0.15, -0.1) is 0 Å². The summed E-state index contributed by atoms with van der Waals surface area (Å²) in [4.78, 5) is 0. The number of benzene rings is 1. The van der Waals surface area contributed by atoms with Gasteiger partial charge < -0.3 is 5.11 Å². The van der Waals surface area contributed by atoms with E-state index in [4.69, 9.17) is 0 Å². The molecular formula is C16H24O. The fourth-order valence-corrected chi connectivity index (χ4v) is 2.70. The van der Waals surface area contributed by atoms with Gasteiger partial charge >= 0.3 is 0 Å². The molecule has 0 bridgehead atoms. The summed E-state index contributed by atoms with van der Waals surface area (Å²) in [6.45, 7) is 6.66. The highest BCUT2D eigenvalue weighted by molar-refractivity contribution is 5.32. The maximum atomic E-state index is 10.7. The normalized spacial score (nSPS) is 20.2. The van der Waals surface area contributed by atoms with Crippen LogP contribution >= 0.6 is 0 Å². The smallest absolute Gasteiger partial charge is 0.0896 e. The van der Waals surface area contributed by atoms with E-state index in [0.29, 0.717) is 0 Å². The lowest BCUT2D eigenvalue weighted by Crippen LogP contribution is -2.28. The second-order valence-corrected chi connectivity index (χ2v) is 6.42. The van der Waals surface area contributed by atoms with E-state index in [-0.39, 0.29) is 5.41 Å². The summed E-state index contributed by atoms with van der Waals surface area (Å²) >= 11 is 0. The van der Waals surface area contributed by atoms with Crippen LogP contribution in [0.15, 0.2) is 24.3 Å². The molecule has 1 aliphatic rings. The van der Waals surface area contributed by atoms with Crippen LogP contribution in [0.2, 0.25) is 0 Å². The highest BCUT2D eigenvalue weighted by atomic mass is 16.3. The van der Waals surface area contributed by atoms with Crippen molar-refractivity contribution in [3.63, 3.8) is 0 Å². The van der Waals surface area contributed by atoms with Crippen LogP contribution in [0.5, 0.6) is 0 Å². The zero-order valence-corrected chi connectivity index (χ0v) is 11.3. The molecule has 0 spiro atoms. The third-order valence-corrected chi connectivity index (χ3v) is 3.95. The summed E-state index contributed by atoms with van der Waals surface area (Å²) in [5, 5.41) is 10.7. The number of hydrogen-bond donors (Lipinski definition) is 1. The predicted octanol–water partition coefficient (Wildman–Crippen LogP) is 4.14. The minimum Gasteiger partial charge on any atom is -0.385 e. The molecule has 0 unspecified atom stereocenters. The average molecular weight is 232 g/mol. The third kappa shape index (κ3) is 2.71. The molecule has 0 radical (unpaired) electrons. The molecule has 2 rings (SSSR count). The molecule has 1 saturated carbocycles. The minimum absolute atomic E-state index is 0.154. The molecule has 1 nitrogen and oxygen atoms in total. The van der Waals surface area contributed by atoms with E-state index < -0.39 is 5.60 Å². The van der Waals surface area contributed by atoms with E-state index in [9.17, 15) is 5.11 Å². The molecule has 17 heavy (non-hydrogen) atoms. The first kappa shape index (κ1) is 12.6. The van der Waals surface area contributed by atoms with E-state index >= 15 is 0 Å². The molecule has 1 N–H and O–H groups in total. The Kier molecular flexibility index (Phi) is 3.31. The SMILES string of the molecule is CC(C)(C)c1cccc(C2(O)CCCCC2)c1. The topological polar surface area (TPSA) is 20.2 Å². The van der Waals surface area contributed by atoms with E-state index in [1.54, 1.807) is 0 Å². The summed E-state index contributed by atoms with van der Waals surface area (Å²) in [5.74, 6) is 0. The van der Waals surface area contributed by atoms with Crippen molar-refractivity contribution >= 4 is 0 Å². The second-order valence-electron chi connectivity index (χ2n) is 6.42. The third-order valence-electron chi connectivity index (χ3n) is 3.95. The highest BCUT2D eigenvalue weighted by Gasteiger charge is 2.31. The summed E-state index contributed by atoms with van der Waals surface area (Å²) in [6, 6.07) is 8.53. The van der Waals surface area contributed by atoms with Crippen LogP contribution in [0.1, 0.15) is 64.0 Å². The maximum Gasteiger partial charge on any atom is 0.0896 e. The summed E-state index contributed by atoms with van der Waals surface area (Å²) in [6.07, 6.45) is 5.40. The Morgan fingerprint density at radius 2 is 1.71 bits per heavy atom. The quantitative estimate of drug-likeness (QED) is 0.771. The van der Waals surface area contributed by atoms with Crippen LogP contribution in [0.4, 0.5) is 0 Å². The van der Waals surface area contributed by atoms with E-state index in [2.05, 4.69) is 45.0 Å². The minimum atomic E-state index is -0.570. The van der Waals surface area contributed by atoms with Crippen molar-refractivity contribution in [2.75, 3.05) is 0 Å². The standard InChI is InChI=1S/C16H24O/c1-15(2,3)13-8-7-9-14(12-13)16(17)10-5-4-6-11-16/h7-9,12,17H,4-6,10-11H2,1-3H3.